The zero-order valence-electron chi connectivity index (χ0n) is 33.6. The summed E-state index contributed by atoms with van der Waals surface area (Å²) < 4.78 is 0. The van der Waals surface area contributed by atoms with Crippen LogP contribution in [0.3, 0.4) is 0 Å². The molecule has 3 heteroatoms. The van der Waals surface area contributed by atoms with Gasteiger partial charge in [0.05, 0.1) is 24.9 Å². The fourth-order valence-electron chi connectivity index (χ4n) is 8.94. The Morgan fingerprint density at radius 1 is 0.339 bits per heavy atom. The van der Waals surface area contributed by atoms with Crippen LogP contribution in [0.15, 0.2) is 212 Å². The van der Waals surface area contributed by atoms with Crippen LogP contribution in [0.25, 0.3) is 67.3 Å². The van der Waals surface area contributed by atoms with Gasteiger partial charge in [0.1, 0.15) is 0 Å². The van der Waals surface area contributed by atoms with Crippen molar-refractivity contribution in [1.82, 2.24) is 9.97 Å². The molecule has 0 spiro atoms. The van der Waals surface area contributed by atoms with Crippen molar-refractivity contribution in [2.75, 3.05) is 0 Å². The summed E-state index contributed by atoms with van der Waals surface area (Å²) in [6, 6.07) is 77.3. The summed E-state index contributed by atoms with van der Waals surface area (Å²) in [5.41, 5.74) is 16.8. The smallest absolute Gasteiger partial charge is 0.160 e. The van der Waals surface area contributed by atoms with Crippen LogP contribution in [0.5, 0.6) is 0 Å². The Morgan fingerprint density at radius 3 is 1.31 bits per heavy atom. The summed E-state index contributed by atoms with van der Waals surface area (Å²) in [6.07, 6.45) is 0. The predicted molar refractivity (Wildman–Crippen MR) is 249 cm³/mol. The van der Waals surface area contributed by atoms with Gasteiger partial charge >= 0.3 is 0 Å². The molecule has 1 aromatic heterocycles. The third kappa shape index (κ3) is 6.54. The van der Waals surface area contributed by atoms with Crippen molar-refractivity contribution in [2.45, 2.75) is 25.1 Å². The minimum absolute atomic E-state index is 0.531. The minimum atomic E-state index is -1.42. The van der Waals surface area contributed by atoms with Crippen molar-refractivity contribution in [3.63, 3.8) is 0 Å². The summed E-state index contributed by atoms with van der Waals surface area (Å²) in [4.78, 5) is 10.2. The van der Waals surface area contributed by atoms with E-state index in [4.69, 9.17) is 9.97 Å². The average molecular weight is 773 g/mol. The molecule has 8 aromatic carbocycles. The van der Waals surface area contributed by atoms with E-state index in [1.165, 1.54) is 49.7 Å². The topological polar surface area (TPSA) is 25.8 Å². The summed E-state index contributed by atoms with van der Waals surface area (Å²) in [7, 11) is -1.42. The molecule has 0 N–H and O–H groups in total. The van der Waals surface area contributed by atoms with Gasteiger partial charge in [-0.1, -0.05) is 213 Å². The molecule has 0 radical (unpaired) electrons. The molecule has 0 aliphatic heterocycles. The molecule has 0 amide bonds. The van der Waals surface area contributed by atoms with Crippen LogP contribution >= 0.6 is 0 Å². The second-order valence-electron chi connectivity index (χ2n) is 16.6. The Balaban J connectivity index is 1.14. The van der Waals surface area contributed by atoms with Crippen LogP contribution in [-0.4, -0.2) is 18.0 Å². The molecule has 9 aromatic rings. The lowest BCUT2D eigenvalue weighted by atomic mass is 9.67. The lowest BCUT2D eigenvalue weighted by Crippen LogP contribution is -2.37. The second kappa shape index (κ2) is 14.8. The van der Waals surface area contributed by atoms with Gasteiger partial charge in [0, 0.05) is 16.7 Å². The minimum Gasteiger partial charge on any atom is -0.228 e. The Kier molecular flexibility index (Phi) is 9.11. The van der Waals surface area contributed by atoms with Crippen molar-refractivity contribution >= 4 is 13.3 Å². The van der Waals surface area contributed by atoms with Gasteiger partial charge in [-0.25, -0.2) is 9.97 Å². The van der Waals surface area contributed by atoms with E-state index in [-0.39, 0.29) is 0 Å². The zero-order chi connectivity index (χ0) is 40.0. The number of rotatable bonds is 8. The summed E-state index contributed by atoms with van der Waals surface area (Å²) in [5, 5.41) is 1.47. The quantitative estimate of drug-likeness (QED) is 0.144. The first-order valence-corrected chi connectivity index (χ1v) is 24.0. The molecular formula is C56H44N2Si. The highest BCUT2D eigenvalue weighted by Gasteiger charge is 2.46. The first-order chi connectivity index (χ1) is 28.9. The Hall–Kier alpha value is -6.94. The molecule has 0 atom stereocenters. The Bertz CT molecular complexity index is 2840. The van der Waals surface area contributed by atoms with Gasteiger partial charge < -0.3 is 0 Å². The van der Waals surface area contributed by atoms with Crippen molar-refractivity contribution in [1.29, 1.82) is 0 Å². The molecule has 1 aliphatic rings. The fraction of sp³-hybridized carbons (Fsp3) is 0.0714. The van der Waals surface area contributed by atoms with E-state index in [9.17, 15) is 0 Å². The molecule has 0 saturated carbocycles. The standard InChI is InChI=1S/C56H44N2Si/c1-59(2,3)48-31-27-39(28-32-48)43-29-33-49-50-34-30-44(37-52(50)56(51(49)36-43,46-23-12-6-13-24-46)47-25-14-7-15-26-47)42-21-16-22-45(35-42)54-38-53(40-17-8-4-9-18-40)57-55(58-54)41-19-10-5-11-20-41/h4-38H,1-3H3. The van der Waals surface area contributed by atoms with E-state index in [1.54, 1.807) is 0 Å². The molecule has 0 saturated heterocycles. The van der Waals surface area contributed by atoms with Gasteiger partial charge in [0.2, 0.25) is 0 Å². The summed E-state index contributed by atoms with van der Waals surface area (Å²) in [5.74, 6) is 0.713. The maximum Gasteiger partial charge on any atom is 0.160 e. The highest BCUT2D eigenvalue weighted by Crippen LogP contribution is 2.57. The lowest BCUT2D eigenvalue weighted by molar-refractivity contribution is 0.769. The monoisotopic (exact) mass is 772 g/mol. The number of fused-ring (bicyclic) bond motifs is 3. The lowest BCUT2D eigenvalue weighted by Gasteiger charge is -2.34. The summed E-state index contributed by atoms with van der Waals surface area (Å²) in [6.45, 7) is 7.23. The molecule has 1 heterocycles. The van der Waals surface area contributed by atoms with Crippen LogP contribution in [0.2, 0.25) is 19.6 Å². The van der Waals surface area contributed by atoms with Crippen LogP contribution < -0.4 is 5.19 Å². The van der Waals surface area contributed by atoms with Gasteiger partial charge in [0.15, 0.2) is 5.82 Å². The molecule has 59 heavy (non-hydrogen) atoms. The molecule has 282 valence electrons. The molecule has 10 rings (SSSR count). The van der Waals surface area contributed by atoms with Crippen LogP contribution in [-0.2, 0) is 5.41 Å². The normalized spacial score (nSPS) is 12.8. The van der Waals surface area contributed by atoms with Crippen molar-refractivity contribution in [3.05, 3.63) is 235 Å². The number of hydrogen-bond donors (Lipinski definition) is 0. The average Bonchev–Trinajstić information content (AvgIpc) is 3.59. The van der Waals surface area contributed by atoms with Crippen LogP contribution in [0.1, 0.15) is 22.3 Å². The Morgan fingerprint density at radius 2 is 0.763 bits per heavy atom. The van der Waals surface area contributed by atoms with Gasteiger partial charge in [0.25, 0.3) is 0 Å². The highest BCUT2D eigenvalue weighted by molar-refractivity contribution is 6.88. The zero-order valence-corrected chi connectivity index (χ0v) is 34.6. The van der Waals surface area contributed by atoms with Gasteiger partial charge in [-0.2, -0.15) is 0 Å². The largest absolute Gasteiger partial charge is 0.228 e. The van der Waals surface area contributed by atoms with Crippen LogP contribution in [0.4, 0.5) is 0 Å². The van der Waals surface area contributed by atoms with E-state index in [2.05, 4.69) is 208 Å². The Labute approximate surface area is 348 Å². The molecular weight excluding hydrogens is 729 g/mol. The second-order valence-corrected chi connectivity index (χ2v) is 21.7. The molecule has 0 unspecified atom stereocenters. The molecule has 1 aliphatic carbocycles. The molecule has 0 bridgehead atoms. The third-order valence-electron chi connectivity index (χ3n) is 12.0. The highest BCUT2D eigenvalue weighted by atomic mass is 28.3. The number of aromatic nitrogens is 2. The maximum atomic E-state index is 5.16. The van der Waals surface area contributed by atoms with E-state index < -0.39 is 13.5 Å². The maximum absolute atomic E-state index is 5.16. The van der Waals surface area contributed by atoms with E-state index in [0.717, 1.165) is 39.2 Å². The number of nitrogens with zero attached hydrogens (tertiary/aromatic N) is 2. The SMILES string of the molecule is C[Si](C)(C)c1ccc(-c2ccc3c(c2)C(c2ccccc2)(c2ccccc2)c2cc(-c4cccc(-c5cc(-c6ccccc6)nc(-c6ccccc6)n5)c4)ccc2-3)cc1. The summed E-state index contributed by atoms with van der Waals surface area (Å²) >= 11 is 0. The van der Waals surface area contributed by atoms with Gasteiger partial charge in [-0.15, -0.1) is 0 Å². The van der Waals surface area contributed by atoms with E-state index in [1.807, 2.05) is 24.3 Å². The van der Waals surface area contributed by atoms with Gasteiger partial charge in [-0.3, -0.25) is 0 Å². The predicted octanol–water partition coefficient (Wildman–Crippen LogP) is 13.7. The third-order valence-corrected chi connectivity index (χ3v) is 14.0. The van der Waals surface area contributed by atoms with E-state index in [0.29, 0.717) is 5.82 Å². The van der Waals surface area contributed by atoms with Crippen molar-refractivity contribution in [2.24, 2.45) is 0 Å². The first kappa shape index (κ1) is 36.4. The first-order valence-electron chi connectivity index (χ1n) is 20.5. The van der Waals surface area contributed by atoms with Crippen LogP contribution in [0, 0.1) is 0 Å². The molecule has 2 nitrogen and oxygen atoms in total. The van der Waals surface area contributed by atoms with E-state index >= 15 is 0 Å². The van der Waals surface area contributed by atoms with Gasteiger partial charge in [-0.05, 0) is 79.9 Å². The molecule has 0 fully saturated rings. The van der Waals surface area contributed by atoms with Crippen molar-refractivity contribution in [3.8, 4) is 67.3 Å². The number of benzene rings is 8. The fourth-order valence-corrected chi connectivity index (χ4v) is 10.1. The van der Waals surface area contributed by atoms with Crippen molar-refractivity contribution < 1.29 is 0 Å². The number of hydrogen-bond acceptors (Lipinski definition) is 2.